The van der Waals surface area contributed by atoms with Crippen molar-refractivity contribution in [1.29, 1.82) is 0 Å². The monoisotopic (exact) mass is 1530 g/mol. The standard InChI is InChI=1S/B139/c1-71-106(70)124(107(72(2)3)73(4)5)133(125(108(74(6)7)75(8)9)109(76(10)11)77(12)13)137(132(122(102(62)63)103(64)65)123(104(66)67)105(68)69)139(136(130(118(94(46)47)95(48)49)119(96(50)51)97(52)53)131(120(98(54)55)99(56)57)121(100(58)59)101(60)61)138(134(126(110(78(14)15)79(16)17)111(80(18)19)81(20)21)127(112(82(22)23)83(24)25)113(84(26)27)85(28)29)135(128(114(86(30)31)87(32)33)115(88(34)35)89(36)37)129(116(90(38)39)91(40)41)117(92(42)43)93(44)45/q-2. The molecule has 0 fully saturated rings. The lowest BCUT2D eigenvalue weighted by molar-refractivity contribution is 3.10. The molecule has 143 radical (unpaired) electrons. The van der Waals surface area contributed by atoms with Crippen LogP contribution in [0.2, 0.25) is 0 Å². The quantitative estimate of drug-likeness (QED) is 0.0533. The summed E-state index contributed by atoms with van der Waals surface area (Å²) in [6, 6.07) is 0. The van der Waals surface area contributed by atoms with Crippen LogP contribution in [0.3, 0.4) is 0 Å². The van der Waals surface area contributed by atoms with E-state index in [1.165, 1.54) is 0 Å². The summed E-state index contributed by atoms with van der Waals surface area (Å²) in [7, 11) is 528. The van der Waals surface area contributed by atoms with Crippen LogP contribution < -0.4 is 0 Å². The lowest BCUT2D eigenvalue weighted by Crippen LogP contribution is -3.03. The number of hydrogen-bond acceptors (Lipinski definition) is 0. The lowest BCUT2D eigenvalue weighted by Gasteiger charge is -2.65. The molecule has 0 aromatic carbocycles. The fourth-order valence-electron chi connectivity index (χ4n) is 25.5. The highest BCUT2D eigenvalue weighted by atomic mass is 13.5. The number of hydrogen-bond donors (Lipinski definition) is 0. The smallest absolute Gasteiger partial charge is 0 e. The van der Waals surface area contributed by atoms with E-state index in [1.54, 1.807) is 0 Å². The molecule has 0 N–H and O–H groups in total. The van der Waals surface area contributed by atoms with Gasteiger partial charge in [-0.2, -0.15) is 0 Å². The van der Waals surface area contributed by atoms with E-state index in [4.69, 9.17) is 542 Å². The van der Waals surface area contributed by atoms with Crippen LogP contribution >= 0.6 is 0 Å². The molecular formula is B139-2. The van der Waals surface area contributed by atoms with Gasteiger partial charge in [-0.15, -0.1) is 0 Å². The maximum atomic E-state index is 8.05. The van der Waals surface area contributed by atoms with Gasteiger partial charge < -0.3 is 15.5 Å². The molecule has 0 bridgehead atoms. The molecule has 0 saturated carbocycles. The molecule has 139 heteroatoms. The van der Waals surface area contributed by atoms with Gasteiger partial charge in [0, 0.05) is 474 Å². The summed E-state index contributed by atoms with van der Waals surface area (Å²) < 4.78 is 0. The zero-order chi connectivity index (χ0) is 110. The molecule has 139 heavy (non-hydrogen) atoms. The van der Waals surface area contributed by atoms with E-state index in [0.29, 0.717) is 0 Å². The third kappa shape index (κ3) is 39.7. The summed E-state index contributed by atoms with van der Waals surface area (Å²) in [6.07, 6.45) is -155. The van der Waals surface area contributed by atoms with Crippen LogP contribution in [0.25, 0.3) is 0 Å². The minimum absolute atomic E-state index is 0.857. The van der Waals surface area contributed by atoms with Crippen molar-refractivity contribution in [3.63, 3.8) is 0 Å². The van der Waals surface area contributed by atoms with Gasteiger partial charge in [0.25, 0.3) is 0 Å². The van der Waals surface area contributed by atoms with Crippen molar-refractivity contribution < 1.29 is 0 Å². The Kier molecular flexibility index (Phi) is 72.9. The Balaban J connectivity index is 18.2. The minimum Gasteiger partial charge on any atom is -0.690 e. The Hall–Kier alpha value is 9.03. The zero-order valence-corrected chi connectivity index (χ0v) is 80.3. The Morgan fingerprint density at radius 3 is 0.194 bits per heavy atom. The molecule has 0 aliphatic carbocycles. The van der Waals surface area contributed by atoms with Gasteiger partial charge in [-0.1, -0.05) is 0 Å². The van der Waals surface area contributed by atoms with E-state index in [0.717, 1.165) is 7.06 Å². The van der Waals surface area contributed by atoms with Gasteiger partial charge in [0.15, 0.2) is 0 Å². The molecule has 0 heterocycles. The molecule has 0 aromatic rings. The van der Waals surface area contributed by atoms with E-state index in [9.17, 15) is 0 Å². The molecule has 0 amide bonds. The van der Waals surface area contributed by atoms with Gasteiger partial charge >= 0.3 is 0 Å². The summed E-state index contributed by atoms with van der Waals surface area (Å²) in [6.45, 7) is 0. The number of rotatable bonds is 68. The summed E-state index contributed by atoms with van der Waals surface area (Å²) in [5, 5.41) is 0. The van der Waals surface area contributed by atoms with Crippen molar-refractivity contribution >= 4 is 983 Å². The van der Waals surface area contributed by atoms with Crippen LogP contribution in [0.5, 0.6) is 0 Å². The maximum Gasteiger partial charge on any atom is 0 e. The van der Waals surface area contributed by atoms with Gasteiger partial charge in [0.2, 0.25) is 0 Å². The second kappa shape index (κ2) is 68.4. The first-order valence-electron chi connectivity index (χ1n) is 46.0. The fraction of sp³-hybridized carbons (Fsp3) is 0. The van der Waals surface area contributed by atoms with Crippen molar-refractivity contribution in [3.05, 3.63) is 0 Å². The van der Waals surface area contributed by atoms with Crippen LogP contribution in [-0.2, 0) is 0 Å². The molecule has 0 spiro atoms. The van der Waals surface area contributed by atoms with E-state index in [1.807, 2.05) is 0 Å². The predicted molar refractivity (Wildman–Crippen MR) is 800 cm³/mol. The van der Waals surface area contributed by atoms with Gasteiger partial charge in [-0.3, -0.25) is 7.06 Å². The Morgan fingerprint density at radius 1 is 0.0863 bits per heavy atom. The summed E-state index contributed by atoms with van der Waals surface area (Å²) in [5.74, 6) is 0. The zero-order valence-electron chi connectivity index (χ0n) is 80.3. The summed E-state index contributed by atoms with van der Waals surface area (Å²) >= 11 is 0. The van der Waals surface area contributed by atoms with Crippen molar-refractivity contribution in [2.24, 2.45) is 0 Å². The topological polar surface area (TPSA) is 0 Å². The molecule has 0 unspecified atom stereocenters. The second-order valence-electron chi connectivity index (χ2n) is 39.5. The van der Waals surface area contributed by atoms with Crippen LogP contribution in [0.15, 0.2) is 0 Å². The van der Waals surface area contributed by atoms with E-state index in [2.05, 4.69) is 0 Å². The third-order valence-electron chi connectivity index (χ3n) is 30.0. The van der Waals surface area contributed by atoms with Gasteiger partial charge in [0.05, 0.1) is 0 Å². The third-order valence-corrected chi connectivity index (χ3v) is 30.0. The molecule has 0 aromatic heterocycles. The van der Waals surface area contributed by atoms with E-state index >= 15 is 0 Å². The predicted octanol–water partition coefficient (Wildman–Crippen LogP) is -52.9. The molecule has 419 valence electrons. The minimum atomic E-state index is -2.99. The first kappa shape index (κ1) is 148. The van der Waals surface area contributed by atoms with Crippen molar-refractivity contribution in [2.75, 3.05) is 0 Å². The summed E-state index contributed by atoms with van der Waals surface area (Å²) in [4.78, 5) is 0. The van der Waals surface area contributed by atoms with Crippen LogP contribution in [0.1, 0.15) is 0 Å². The molecule has 0 nitrogen and oxygen atoms in total. The highest BCUT2D eigenvalue weighted by Crippen LogP contribution is 2.34. The van der Waals surface area contributed by atoms with Crippen LogP contribution in [0, 0.1) is 0 Å². The van der Waals surface area contributed by atoms with Crippen molar-refractivity contribution in [2.45, 2.75) is 0 Å². The Bertz CT molecular complexity index is 2430. The highest BCUT2D eigenvalue weighted by molar-refractivity contribution is 8.48. The largest absolute Gasteiger partial charge is 0.690 e. The Morgan fingerprint density at radius 2 is 0.144 bits per heavy atom. The van der Waals surface area contributed by atoms with E-state index < -0.39 is 434 Å². The SMILES string of the molecule is [B]B([B])B(B([B])[B])B(B(B([B])[B])B([B])[B])B(B(B([B])[B][B-])B(B([B])[B])B([B])[B-])B(B(B(B([B])[B])B([B])[B])B(B([B])[B])B([B])[B])B(B(B(B(B([B])[B])B([B])[B])B(B([B])[B])B([B])[B])B(B(B([B])[B])B([B])[B])B(B([B])[B])B([B])[B])B(B(B(B(B([B])[B])B([B])[B])B(B([B])[B])B([B])[B])B(B(B([B])[B])B([B])[B])B(B([B])[B])B([B])[B])B(B(B(B([B])[B])B([B])[B])B(B([B])[B])B([B])[B])B(B(B([B])[B])B([B])[B])B(B([B])[B])B([B])[B]. The average Bonchev–Trinajstić information content (AvgIpc) is 0.695. The second-order valence-corrected chi connectivity index (χ2v) is 39.5. The van der Waals surface area contributed by atoms with Crippen LogP contribution in [-0.4, -0.2) is 983 Å². The molecule has 0 saturated heterocycles. The lowest BCUT2D eigenvalue weighted by atomic mass is 8.16. The molecular weight excluding hydrogens is 1500 g/mol. The van der Waals surface area contributed by atoms with Crippen LogP contribution in [0.4, 0.5) is 0 Å². The first-order valence-corrected chi connectivity index (χ1v) is 46.0. The molecule has 0 rings (SSSR count). The molecule has 0 atom stereocenters. The van der Waals surface area contributed by atoms with Gasteiger partial charge in [-0.05, 0) is 480 Å². The van der Waals surface area contributed by atoms with Gasteiger partial charge in [-0.25, -0.2) is 6.39 Å². The van der Waals surface area contributed by atoms with Crippen molar-refractivity contribution in [3.8, 4) is 0 Å². The normalized spacial score (nSPS) is 9.88. The molecule has 0 aliphatic rings. The van der Waals surface area contributed by atoms with Gasteiger partial charge in [0.1, 0.15) is 0 Å². The first-order chi connectivity index (χ1) is 63.3. The molecule has 0 aliphatic heterocycles. The Labute approximate surface area is 972 Å². The summed E-state index contributed by atoms with van der Waals surface area (Å²) in [5.41, 5.74) is 0. The average molecular weight is 1500 g/mol. The fourth-order valence-corrected chi connectivity index (χ4v) is 25.5. The van der Waals surface area contributed by atoms with Crippen molar-refractivity contribution in [1.82, 2.24) is 0 Å². The highest BCUT2D eigenvalue weighted by Gasteiger charge is 2.72. The maximum absolute atomic E-state index is 8.05. The van der Waals surface area contributed by atoms with E-state index in [-0.39, 0.29) is 0 Å².